The van der Waals surface area contributed by atoms with Crippen molar-refractivity contribution in [3.05, 3.63) is 0 Å². The molecule has 0 rings (SSSR count). The lowest BCUT2D eigenvalue weighted by molar-refractivity contribution is -0.174. The zero-order chi connectivity index (χ0) is 26.0. The number of unbranched alkanes of at least 4 members (excludes halogenated alkanes) is 20. The van der Waals surface area contributed by atoms with Crippen LogP contribution in [0.3, 0.4) is 0 Å². The van der Waals surface area contributed by atoms with Gasteiger partial charge in [0.2, 0.25) is 0 Å². The van der Waals surface area contributed by atoms with E-state index in [1.54, 1.807) is 0 Å². The van der Waals surface area contributed by atoms with E-state index in [2.05, 4.69) is 13.8 Å². The van der Waals surface area contributed by atoms with E-state index < -0.39 is 24.0 Å². The molecular weight excluding hydrogens is 440 g/mol. The van der Waals surface area contributed by atoms with Crippen molar-refractivity contribution in [1.29, 1.82) is 0 Å². The number of rotatable bonds is 28. The second kappa shape index (κ2) is 24.6. The predicted octanol–water partition coefficient (Wildman–Crippen LogP) is 9.31. The molecule has 0 aromatic carbocycles. The lowest BCUT2D eigenvalue weighted by Crippen LogP contribution is -2.44. The summed E-state index contributed by atoms with van der Waals surface area (Å²) >= 11 is 0. The predicted molar refractivity (Wildman–Crippen MR) is 146 cm³/mol. The van der Waals surface area contributed by atoms with Crippen LogP contribution in [0.25, 0.3) is 0 Å². The topological polar surface area (TPSA) is 83.8 Å². The minimum atomic E-state index is -1.58. The van der Waals surface area contributed by atoms with Crippen molar-refractivity contribution in [3.8, 4) is 0 Å². The van der Waals surface area contributed by atoms with E-state index in [4.69, 9.17) is 4.74 Å². The number of carboxylic acids is 2. The van der Waals surface area contributed by atoms with Gasteiger partial charge in [0.05, 0.1) is 6.42 Å². The SMILES string of the molecule is CCCCCCCCCCCCCOC(CCCCCCCCCCCCC)(CC(=O)O)C(=O)O. The van der Waals surface area contributed by atoms with Crippen molar-refractivity contribution in [2.24, 2.45) is 0 Å². The number of hydrogen-bond donors (Lipinski definition) is 2. The van der Waals surface area contributed by atoms with Gasteiger partial charge in [-0.05, 0) is 19.3 Å². The molecule has 208 valence electrons. The Morgan fingerprint density at radius 2 is 0.886 bits per heavy atom. The highest BCUT2D eigenvalue weighted by Gasteiger charge is 2.41. The Hall–Kier alpha value is -1.10. The quantitative estimate of drug-likeness (QED) is 0.105. The molecule has 0 heterocycles. The van der Waals surface area contributed by atoms with Crippen LogP contribution in [0, 0.1) is 0 Å². The Bertz CT molecular complexity index is 493. The standard InChI is InChI=1S/C30H58O5/c1-3-5-7-9-11-13-15-17-19-21-23-25-30(29(33)34,27-28(31)32)35-26-24-22-20-18-16-14-12-10-8-6-4-2/h3-27H2,1-2H3,(H,31,32)(H,33,34). The van der Waals surface area contributed by atoms with Crippen LogP contribution in [0.5, 0.6) is 0 Å². The molecule has 0 bridgehead atoms. The number of aliphatic carboxylic acids is 2. The Morgan fingerprint density at radius 1 is 0.543 bits per heavy atom. The minimum absolute atomic E-state index is 0.281. The van der Waals surface area contributed by atoms with E-state index in [1.807, 2.05) is 0 Å². The molecule has 0 saturated carbocycles. The van der Waals surface area contributed by atoms with Crippen LogP contribution in [0.4, 0.5) is 0 Å². The first-order valence-corrected chi connectivity index (χ1v) is 15.1. The maximum atomic E-state index is 12.0. The molecule has 2 N–H and O–H groups in total. The molecule has 0 spiro atoms. The van der Waals surface area contributed by atoms with Gasteiger partial charge in [0.25, 0.3) is 0 Å². The zero-order valence-corrected chi connectivity index (χ0v) is 23.3. The summed E-state index contributed by atoms with van der Waals surface area (Å²) in [4.78, 5) is 23.4. The van der Waals surface area contributed by atoms with Crippen LogP contribution in [0.2, 0.25) is 0 Å². The largest absolute Gasteiger partial charge is 0.481 e. The highest BCUT2D eigenvalue weighted by Crippen LogP contribution is 2.26. The third-order valence-electron chi connectivity index (χ3n) is 7.14. The second-order valence-corrected chi connectivity index (χ2v) is 10.5. The van der Waals surface area contributed by atoms with Crippen molar-refractivity contribution in [2.75, 3.05) is 6.61 Å². The molecule has 0 aliphatic carbocycles. The normalized spacial score (nSPS) is 13.1. The maximum Gasteiger partial charge on any atom is 0.336 e. The molecule has 0 saturated heterocycles. The average Bonchev–Trinajstić information content (AvgIpc) is 2.82. The molecule has 1 unspecified atom stereocenters. The fourth-order valence-corrected chi connectivity index (χ4v) is 4.81. The number of ether oxygens (including phenoxy) is 1. The van der Waals surface area contributed by atoms with Crippen molar-refractivity contribution in [3.63, 3.8) is 0 Å². The lowest BCUT2D eigenvalue weighted by atomic mass is 9.91. The summed E-state index contributed by atoms with van der Waals surface area (Å²) in [6.45, 7) is 4.80. The number of carboxylic acid groups (broad SMARTS) is 2. The van der Waals surface area contributed by atoms with E-state index in [0.29, 0.717) is 13.0 Å². The van der Waals surface area contributed by atoms with E-state index in [1.165, 1.54) is 103 Å². The van der Waals surface area contributed by atoms with E-state index >= 15 is 0 Å². The Morgan fingerprint density at radius 3 is 1.23 bits per heavy atom. The number of carbonyl (C=O) groups is 2. The molecule has 0 aromatic heterocycles. The number of hydrogen-bond acceptors (Lipinski definition) is 3. The first-order chi connectivity index (χ1) is 17.0. The van der Waals surface area contributed by atoms with Crippen molar-refractivity contribution >= 4 is 11.9 Å². The third-order valence-corrected chi connectivity index (χ3v) is 7.14. The zero-order valence-electron chi connectivity index (χ0n) is 23.3. The summed E-state index contributed by atoms with van der Waals surface area (Å²) in [6, 6.07) is 0. The van der Waals surface area contributed by atoms with Gasteiger partial charge in [-0.15, -0.1) is 0 Å². The van der Waals surface area contributed by atoms with Gasteiger partial charge in [0.1, 0.15) is 0 Å². The maximum absolute atomic E-state index is 12.0. The highest BCUT2D eigenvalue weighted by molar-refractivity contribution is 5.83. The van der Waals surface area contributed by atoms with E-state index in [-0.39, 0.29) is 6.42 Å². The highest BCUT2D eigenvalue weighted by atomic mass is 16.5. The summed E-state index contributed by atoms with van der Waals surface area (Å²) in [5, 5.41) is 19.1. The Kier molecular flexibility index (Phi) is 23.8. The summed E-state index contributed by atoms with van der Waals surface area (Å²) in [7, 11) is 0. The van der Waals surface area contributed by atoms with Gasteiger partial charge >= 0.3 is 11.9 Å². The van der Waals surface area contributed by atoms with Gasteiger partial charge < -0.3 is 14.9 Å². The summed E-state index contributed by atoms with van der Waals surface area (Å²) in [5.74, 6) is -2.23. The monoisotopic (exact) mass is 498 g/mol. The van der Waals surface area contributed by atoms with Crippen LogP contribution < -0.4 is 0 Å². The van der Waals surface area contributed by atoms with E-state index in [9.17, 15) is 19.8 Å². The van der Waals surface area contributed by atoms with Gasteiger partial charge in [0.15, 0.2) is 5.60 Å². The van der Waals surface area contributed by atoms with Gasteiger partial charge in [0, 0.05) is 6.61 Å². The third kappa shape index (κ3) is 20.8. The van der Waals surface area contributed by atoms with Crippen molar-refractivity contribution < 1.29 is 24.5 Å². The van der Waals surface area contributed by atoms with Gasteiger partial charge in [-0.3, -0.25) is 4.79 Å². The molecule has 0 amide bonds. The fourth-order valence-electron chi connectivity index (χ4n) is 4.81. The van der Waals surface area contributed by atoms with Crippen LogP contribution >= 0.6 is 0 Å². The van der Waals surface area contributed by atoms with Gasteiger partial charge in [-0.1, -0.05) is 142 Å². The molecule has 0 aliphatic rings. The van der Waals surface area contributed by atoms with Crippen LogP contribution in [0.15, 0.2) is 0 Å². The summed E-state index contributed by atoms with van der Waals surface area (Å²) in [6.07, 6.45) is 26.2. The van der Waals surface area contributed by atoms with E-state index in [0.717, 1.165) is 32.1 Å². The van der Waals surface area contributed by atoms with Crippen molar-refractivity contribution in [1.82, 2.24) is 0 Å². The van der Waals surface area contributed by atoms with Crippen LogP contribution in [-0.2, 0) is 14.3 Å². The Labute approximate surface area is 216 Å². The molecule has 35 heavy (non-hydrogen) atoms. The Balaban J connectivity index is 4.04. The molecule has 5 nitrogen and oxygen atoms in total. The molecule has 1 atom stereocenters. The fraction of sp³-hybridized carbons (Fsp3) is 0.933. The van der Waals surface area contributed by atoms with Crippen molar-refractivity contribution in [2.45, 2.75) is 174 Å². The van der Waals surface area contributed by atoms with Gasteiger partial charge in [-0.2, -0.15) is 0 Å². The van der Waals surface area contributed by atoms with Gasteiger partial charge in [-0.25, -0.2) is 4.79 Å². The van der Waals surface area contributed by atoms with Crippen LogP contribution in [-0.4, -0.2) is 34.4 Å². The average molecular weight is 499 g/mol. The molecular formula is C30H58O5. The summed E-state index contributed by atoms with van der Waals surface area (Å²) < 4.78 is 5.80. The molecule has 0 aromatic rings. The first kappa shape index (κ1) is 33.9. The summed E-state index contributed by atoms with van der Waals surface area (Å²) in [5.41, 5.74) is -1.58. The lowest BCUT2D eigenvalue weighted by Gasteiger charge is -2.28. The molecule has 0 radical (unpaired) electrons. The molecule has 0 fully saturated rings. The smallest absolute Gasteiger partial charge is 0.336 e. The van der Waals surface area contributed by atoms with Crippen LogP contribution in [0.1, 0.15) is 168 Å². The first-order valence-electron chi connectivity index (χ1n) is 15.1. The molecule has 0 aliphatic heterocycles. The minimum Gasteiger partial charge on any atom is -0.481 e. The second-order valence-electron chi connectivity index (χ2n) is 10.5. The molecule has 5 heteroatoms.